The number of anilines is 1. The highest BCUT2D eigenvalue weighted by atomic mass is 32.2. The van der Waals surface area contributed by atoms with E-state index in [0.29, 0.717) is 18.9 Å². The molecule has 0 aliphatic carbocycles. The first-order chi connectivity index (χ1) is 7.29. The lowest BCUT2D eigenvalue weighted by molar-refractivity contribution is 0.0992. The fraction of sp³-hybridized carbons (Fsp3) is 0.455. The first kappa shape index (κ1) is 10.6. The minimum atomic E-state index is -0.986. The molecule has 0 amide bonds. The molecule has 1 aromatic carbocycles. The van der Waals surface area contributed by atoms with Crippen LogP contribution in [0, 0.1) is 0 Å². The number of nitrogen functional groups attached to an aromatic ring is 1. The van der Waals surface area contributed by atoms with Crippen molar-refractivity contribution in [1.29, 1.82) is 0 Å². The highest BCUT2D eigenvalue weighted by molar-refractivity contribution is 7.85. The Morgan fingerprint density at radius 2 is 1.93 bits per heavy atom. The summed E-state index contributed by atoms with van der Waals surface area (Å²) in [5.41, 5.74) is 6.43. The van der Waals surface area contributed by atoms with Gasteiger partial charge in [0.2, 0.25) is 0 Å². The van der Waals surface area contributed by atoms with Gasteiger partial charge in [0.1, 0.15) is 0 Å². The summed E-state index contributed by atoms with van der Waals surface area (Å²) in [6, 6.07) is 7.39. The van der Waals surface area contributed by atoms with Crippen LogP contribution in [0.2, 0.25) is 0 Å². The van der Waals surface area contributed by atoms with Crippen LogP contribution in [0.25, 0.3) is 0 Å². The summed E-state index contributed by atoms with van der Waals surface area (Å²) in [5, 5.41) is 0.198. The Morgan fingerprint density at radius 1 is 1.27 bits per heavy atom. The largest absolute Gasteiger partial charge is 0.398 e. The van der Waals surface area contributed by atoms with Crippen LogP contribution in [0.3, 0.4) is 0 Å². The van der Waals surface area contributed by atoms with E-state index >= 15 is 0 Å². The average Bonchev–Trinajstić information content (AvgIpc) is 2.30. The van der Waals surface area contributed by atoms with E-state index in [1.807, 2.05) is 18.2 Å². The topological polar surface area (TPSA) is 52.3 Å². The van der Waals surface area contributed by atoms with Gasteiger partial charge in [0.05, 0.1) is 15.7 Å². The molecule has 1 aromatic rings. The van der Waals surface area contributed by atoms with Gasteiger partial charge in [0.25, 0.3) is 0 Å². The molecule has 2 N–H and O–H groups in total. The third-order valence-electron chi connectivity index (χ3n) is 2.61. The standard InChI is InChI=1S/C11H15NO2S/c12-10-3-1-2-4-11(10)15(13)9-5-7-14-8-6-9/h1-4,9H,5-8,12H2. The van der Waals surface area contributed by atoms with E-state index in [9.17, 15) is 4.21 Å². The molecule has 0 saturated carbocycles. The summed E-state index contributed by atoms with van der Waals surface area (Å²) < 4.78 is 17.4. The maximum absolute atomic E-state index is 12.2. The van der Waals surface area contributed by atoms with Gasteiger partial charge in [-0.2, -0.15) is 0 Å². The molecule has 1 saturated heterocycles. The number of nitrogens with two attached hydrogens (primary N) is 1. The monoisotopic (exact) mass is 225 g/mol. The van der Waals surface area contributed by atoms with Gasteiger partial charge in [0, 0.05) is 24.2 Å². The summed E-state index contributed by atoms with van der Waals surface area (Å²) in [4.78, 5) is 0.768. The maximum atomic E-state index is 12.2. The van der Waals surface area contributed by atoms with Crippen LogP contribution in [0.1, 0.15) is 12.8 Å². The Bertz CT molecular complexity index is 361. The molecular weight excluding hydrogens is 210 g/mol. The molecule has 82 valence electrons. The molecule has 1 aliphatic rings. The summed E-state index contributed by atoms with van der Waals surface area (Å²) in [5.74, 6) is 0. The predicted octanol–water partition coefficient (Wildman–Crippen LogP) is 1.56. The molecule has 0 spiro atoms. The van der Waals surface area contributed by atoms with E-state index < -0.39 is 10.8 Å². The summed E-state index contributed by atoms with van der Waals surface area (Å²) >= 11 is 0. The molecule has 0 radical (unpaired) electrons. The van der Waals surface area contributed by atoms with Crippen molar-refractivity contribution in [2.24, 2.45) is 0 Å². The van der Waals surface area contributed by atoms with Crippen molar-refractivity contribution in [2.45, 2.75) is 23.0 Å². The SMILES string of the molecule is Nc1ccccc1S(=O)C1CCOCC1. The molecule has 1 aliphatic heterocycles. The minimum absolute atomic E-state index is 0.198. The van der Waals surface area contributed by atoms with E-state index in [-0.39, 0.29) is 5.25 Å². The lowest BCUT2D eigenvalue weighted by Gasteiger charge is -2.21. The highest BCUT2D eigenvalue weighted by Crippen LogP contribution is 2.23. The third-order valence-corrected chi connectivity index (χ3v) is 4.49. The van der Waals surface area contributed by atoms with Crippen LogP contribution in [0.5, 0.6) is 0 Å². The second kappa shape index (κ2) is 4.77. The van der Waals surface area contributed by atoms with Gasteiger partial charge in [-0.25, -0.2) is 0 Å². The maximum Gasteiger partial charge on any atom is 0.0620 e. The van der Waals surface area contributed by atoms with Crippen LogP contribution in [-0.2, 0) is 15.5 Å². The Kier molecular flexibility index (Phi) is 3.38. The fourth-order valence-electron chi connectivity index (χ4n) is 1.73. The van der Waals surface area contributed by atoms with Crippen LogP contribution < -0.4 is 5.73 Å². The normalized spacial score (nSPS) is 20.0. The average molecular weight is 225 g/mol. The number of para-hydroxylation sites is 1. The van der Waals surface area contributed by atoms with Crippen LogP contribution >= 0.6 is 0 Å². The molecule has 0 aromatic heterocycles. The lowest BCUT2D eigenvalue weighted by atomic mass is 10.2. The van der Waals surface area contributed by atoms with E-state index in [1.165, 1.54) is 0 Å². The number of ether oxygens (including phenoxy) is 1. The minimum Gasteiger partial charge on any atom is -0.398 e. The van der Waals surface area contributed by atoms with E-state index in [1.54, 1.807) is 6.07 Å². The van der Waals surface area contributed by atoms with Crippen molar-refractivity contribution < 1.29 is 8.95 Å². The summed E-state index contributed by atoms with van der Waals surface area (Å²) in [7, 11) is -0.986. The van der Waals surface area contributed by atoms with Crippen molar-refractivity contribution in [2.75, 3.05) is 18.9 Å². The predicted molar refractivity (Wildman–Crippen MR) is 61.1 cm³/mol. The molecular formula is C11H15NO2S. The third kappa shape index (κ3) is 2.38. The molecule has 1 heterocycles. The van der Waals surface area contributed by atoms with Gasteiger partial charge in [-0.15, -0.1) is 0 Å². The highest BCUT2D eigenvalue weighted by Gasteiger charge is 2.22. The smallest absolute Gasteiger partial charge is 0.0620 e. The van der Waals surface area contributed by atoms with Crippen molar-refractivity contribution in [3.8, 4) is 0 Å². The molecule has 4 heteroatoms. The van der Waals surface area contributed by atoms with Gasteiger partial charge in [-0.05, 0) is 25.0 Å². The summed E-state index contributed by atoms with van der Waals surface area (Å²) in [6.07, 6.45) is 1.72. The Morgan fingerprint density at radius 3 is 2.60 bits per heavy atom. The van der Waals surface area contributed by atoms with Gasteiger partial charge in [-0.1, -0.05) is 12.1 Å². The molecule has 1 fully saturated rings. The molecule has 15 heavy (non-hydrogen) atoms. The molecule has 1 atom stereocenters. The first-order valence-corrected chi connectivity index (χ1v) is 6.33. The zero-order valence-corrected chi connectivity index (χ0v) is 9.33. The zero-order chi connectivity index (χ0) is 10.7. The zero-order valence-electron chi connectivity index (χ0n) is 8.52. The number of hydrogen-bond donors (Lipinski definition) is 1. The molecule has 0 bridgehead atoms. The fourth-order valence-corrected chi connectivity index (χ4v) is 3.23. The number of hydrogen-bond acceptors (Lipinski definition) is 3. The van der Waals surface area contributed by atoms with Crippen molar-refractivity contribution in [3.63, 3.8) is 0 Å². The number of benzene rings is 1. The lowest BCUT2D eigenvalue weighted by Crippen LogP contribution is -2.25. The van der Waals surface area contributed by atoms with Gasteiger partial charge >= 0.3 is 0 Å². The Hall–Kier alpha value is -0.870. The van der Waals surface area contributed by atoms with E-state index in [0.717, 1.165) is 17.7 Å². The summed E-state index contributed by atoms with van der Waals surface area (Å²) in [6.45, 7) is 1.42. The van der Waals surface area contributed by atoms with Crippen LogP contribution in [0.4, 0.5) is 5.69 Å². The van der Waals surface area contributed by atoms with Gasteiger partial charge in [-0.3, -0.25) is 4.21 Å². The van der Waals surface area contributed by atoms with E-state index in [4.69, 9.17) is 10.5 Å². The molecule has 3 nitrogen and oxygen atoms in total. The van der Waals surface area contributed by atoms with Gasteiger partial charge in [0.15, 0.2) is 0 Å². The van der Waals surface area contributed by atoms with Gasteiger partial charge < -0.3 is 10.5 Å². The van der Waals surface area contributed by atoms with Crippen LogP contribution in [-0.4, -0.2) is 22.7 Å². The second-order valence-corrected chi connectivity index (χ2v) is 5.35. The quantitative estimate of drug-likeness (QED) is 0.777. The Labute approximate surface area is 92.1 Å². The molecule has 2 rings (SSSR count). The second-order valence-electron chi connectivity index (χ2n) is 3.65. The van der Waals surface area contributed by atoms with Crippen molar-refractivity contribution >= 4 is 16.5 Å². The van der Waals surface area contributed by atoms with Crippen molar-refractivity contribution in [1.82, 2.24) is 0 Å². The Balaban J connectivity index is 2.16. The van der Waals surface area contributed by atoms with Crippen molar-refractivity contribution in [3.05, 3.63) is 24.3 Å². The van der Waals surface area contributed by atoms with Crippen LogP contribution in [0.15, 0.2) is 29.2 Å². The molecule has 1 unspecified atom stereocenters. The first-order valence-electron chi connectivity index (χ1n) is 5.12. The number of rotatable bonds is 2. The van der Waals surface area contributed by atoms with E-state index in [2.05, 4.69) is 0 Å².